The number of esters is 1. The third kappa shape index (κ3) is 3.41. The van der Waals surface area contributed by atoms with Crippen LogP contribution in [-0.2, 0) is 4.74 Å². The van der Waals surface area contributed by atoms with Gasteiger partial charge >= 0.3 is 5.97 Å². The maximum Gasteiger partial charge on any atom is 0.345 e. The third-order valence-corrected chi connectivity index (χ3v) is 2.55. The van der Waals surface area contributed by atoms with E-state index in [1.807, 2.05) is 18.2 Å². The van der Waals surface area contributed by atoms with E-state index >= 15 is 0 Å². The lowest BCUT2D eigenvalue weighted by molar-refractivity contribution is 0.0444. The summed E-state index contributed by atoms with van der Waals surface area (Å²) in [5.74, 6) is -0.760. The number of carbonyl (C=O) groups is 1. The molecule has 0 atom stereocenters. The van der Waals surface area contributed by atoms with Crippen molar-refractivity contribution in [1.29, 1.82) is 0 Å². The first-order chi connectivity index (χ1) is 9.68. The summed E-state index contributed by atoms with van der Waals surface area (Å²) in [6, 6.07) is 13.2. The van der Waals surface area contributed by atoms with Crippen molar-refractivity contribution in [2.45, 2.75) is 0 Å². The van der Waals surface area contributed by atoms with Gasteiger partial charge < -0.3 is 19.7 Å². The minimum atomic E-state index is -0.794. The van der Waals surface area contributed by atoms with Crippen LogP contribution in [0.15, 0.2) is 48.5 Å². The largest absolute Gasteiger partial charge is 0.507 e. The van der Waals surface area contributed by atoms with Crippen LogP contribution >= 0.6 is 0 Å². The summed E-state index contributed by atoms with van der Waals surface area (Å²) in [5.41, 5.74) is -0.243. The number of hydrogen-bond acceptors (Lipinski definition) is 5. The highest BCUT2D eigenvalue weighted by atomic mass is 16.6. The molecule has 0 saturated heterocycles. The lowest BCUT2D eigenvalue weighted by atomic mass is 10.2. The van der Waals surface area contributed by atoms with Crippen LogP contribution in [0.25, 0.3) is 0 Å². The highest BCUT2D eigenvalue weighted by molar-refractivity contribution is 5.95. The van der Waals surface area contributed by atoms with Gasteiger partial charge in [0.2, 0.25) is 0 Å². The molecule has 2 aromatic carbocycles. The molecule has 0 aliphatic carbocycles. The maximum atomic E-state index is 11.7. The summed E-state index contributed by atoms with van der Waals surface area (Å²) in [6.45, 7) is 0.200. The van der Waals surface area contributed by atoms with E-state index in [0.29, 0.717) is 5.75 Å². The molecule has 0 radical (unpaired) electrons. The summed E-state index contributed by atoms with van der Waals surface area (Å²) < 4.78 is 10.3. The van der Waals surface area contributed by atoms with E-state index in [1.165, 1.54) is 18.2 Å². The van der Waals surface area contributed by atoms with E-state index in [2.05, 4.69) is 0 Å². The van der Waals surface area contributed by atoms with Crippen LogP contribution < -0.4 is 4.74 Å². The topological polar surface area (TPSA) is 76.0 Å². The fraction of sp³-hybridized carbons (Fsp3) is 0.133. The van der Waals surface area contributed by atoms with Crippen molar-refractivity contribution in [2.75, 3.05) is 13.2 Å². The van der Waals surface area contributed by atoms with Crippen molar-refractivity contribution in [3.05, 3.63) is 54.1 Å². The lowest BCUT2D eigenvalue weighted by Crippen LogP contribution is -2.12. The number of phenolic OH excluding ortho intramolecular Hbond substituents is 2. The summed E-state index contributed by atoms with van der Waals surface area (Å²) in [5, 5.41) is 19.0. The second-order valence-electron chi connectivity index (χ2n) is 3.97. The summed E-state index contributed by atoms with van der Waals surface area (Å²) in [7, 11) is 0. The van der Waals surface area contributed by atoms with Crippen molar-refractivity contribution in [3.63, 3.8) is 0 Å². The fourth-order valence-electron chi connectivity index (χ4n) is 1.62. The zero-order valence-corrected chi connectivity index (χ0v) is 10.7. The fourth-order valence-corrected chi connectivity index (χ4v) is 1.62. The van der Waals surface area contributed by atoms with Crippen molar-refractivity contribution >= 4 is 5.97 Å². The number of benzene rings is 2. The van der Waals surface area contributed by atoms with Crippen LogP contribution in [0.5, 0.6) is 17.2 Å². The first kappa shape index (κ1) is 13.7. The predicted octanol–water partition coefficient (Wildman–Crippen LogP) is 2.33. The van der Waals surface area contributed by atoms with Crippen molar-refractivity contribution in [2.24, 2.45) is 0 Å². The Bertz CT molecular complexity index is 560. The Balaban J connectivity index is 1.84. The minimum absolute atomic E-state index is 0.0154. The Hall–Kier alpha value is -2.69. The van der Waals surface area contributed by atoms with Gasteiger partial charge in [0.1, 0.15) is 36.0 Å². The molecular weight excluding hydrogens is 260 g/mol. The smallest absolute Gasteiger partial charge is 0.345 e. The number of hydrogen-bond donors (Lipinski definition) is 2. The molecule has 2 aromatic rings. The SMILES string of the molecule is O=C(OCCOc1ccccc1)c1c(O)cccc1O. The highest BCUT2D eigenvalue weighted by Crippen LogP contribution is 2.26. The summed E-state index contributed by atoms with van der Waals surface area (Å²) >= 11 is 0. The summed E-state index contributed by atoms with van der Waals surface area (Å²) in [4.78, 5) is 11.7. The molecule has 0 amide bonds. The van der Waals surface area contributed by atoms with E-state index in [-0.39, 0.29) is 30.3 Å². The van der Waals surface area contributed by atoms with Crippen LogP contribution in [0.1, 0.15) is 10.4 Å². The number of aromatic hydroxyl groups is 2. The predicted molar refractivity (Wildman–Crippen MR) is 72.0 cm³/mol. The first-order valence-corrected chi connectivity index (χ1v) is 6.04. The molecule has 0 aliphatic rings. The zero-order chi connectivity index (χ0) is 14.4. The lowest BCUT2D eigenvalue weighted by Gasteiger charge is -2.09. The van der Waals surface area contributed by atoms with E-state index < -0.39 is 5.97 Å². The average Bonchev–Trinajstić information content (AvgIpc) is 2.44. The van der Waals surface area contributed by atoms with Crippen LogP contribution in [0.2, 0.25) is 0 Å². The van der Waals surface area contributed by atoms with Crippen molar-refractivity contribution in [3.8, 4) is 17.2 Å². The molecule has 20 heavy (non-hydrogen) atoms. The van der Waals surface area contributed by atoms with Gasteiger partial charge in [0.05, 0.1) is 0 Å². The maximum absolute atomic E-state index is 11.7. The molecule has 0 unspecified atom stereocenters. The van der Waals surface area contributed by atoms with Gasteiger partial charge in [0, 0.05) is 0 Å². The Kier molecular flexibility index (Phi) is 4.44. The number of phenols is 2. The quantitative estimate of drug-likeness (QED) is 0.646. The van der Waals surface area contributed by atoms with Gasteiger partial charge in [-0.25, -0.2) is 4.79 Å². The van der Waals surface area contributed by atoms with Crippen molar-refractivity contribution in [1.82, 2.24) is 0 Å². The number of rotatable bonds is 5. The van der Waals surface area contributed by atoms with Gasteiger partial charge in [-0.3, -0.25) is 0 Å². The Morgan fingerprint density at radius 3 is 2.20 bits per heavy atom. The van der Waals surface area contributed by atoms with Gasteiger partial charge in [-0.15, -0.1) is 0 Å². The van der Waals surface area contributed by atoms with Gasteiger partial charge in [-0.1, -0.05) is 24.3 Å². The Morgan fingerprint density at radius 1 is 0.900 bits per heavy atom. The minimum Gasteiger partial charge on any atom is -0.507 e. The zero-order valence-electron chi connectivity index (χ0n) is 10.7. The molecule has 0 bridgehead atoms. The van der Waals surface area contributed by atoms with Gasteiger partial charge in [-0.2, -0.15) is 0 Å². The van der Waals surface area contributed by atoms with Gasteiger partial charge in [-0.05, 0) is 24.3 Å². The molecule has 0 saturated carbocycles. The van der Waals surface area contributed by atoms with Crippen LogP contribution in [0.4, 0.5) is 0 Å². The van der Waals surface area contributed by atoms with Gasteiger partial charge in [0.25, 0.3) is 0 Å². The monoisotopic (exact) mass is 274 g/mol. The molecule has 0 spiro atoms. The molecule has 0 heterocycles. The molecule has 0 aliphatic heterocycles. The van der Waals surface area contributed by atoms with Crippen LogP contribution in [0, 0.1) is 0 Å². The Morgan fingerprint density at radius 2 is 1.55 bits per heavy atom. The van der Waals surface area contributed by atoms with Crippen LogP contribution in [0.3, 0.4) is 0 Å². The molecule has 0 fully saturated rings. The van der Waals surface area contributed by atoms with E-state index in [1.54, 1.807) is 12.1 Å². The van der Waals surface area contributed by atoms with Gasteiger partial charge in [0.15, 0.2) is 0 Å². The summed E-state index contributed by atoms with van der Waals surface area (Å²) in [6.07, 6.45) is 0. The second kappa shape index (κ2) is 6.47. The number of para-hydroxylation sites is 1. The molecule has 2 rings (SSSR count). The number of ether oxygens (including phenoxy) is 2. The molecule has 104 valence electrons. The first-order valence-electron chi connectivity index (χ1n) is 6.04. The average molecular weight is 274 g/mol. The van der Waals surface area contributed by atoms with Crippen molar-refractivity contribution < 1.29 is 24.5 Å². The molecule has 5 heteroatoms. The molecule has 5 nitrogen and oxygen atoms in total. The second-order valence-corrected chi connectivity index (χ2v) is 3.97. The van der Waals surface area contributed by atoms with E-state index in [9.17, 15) is 15.0 Å². The van der Waals surface area contributed by atoms with Crippen LogP contribution in [-0.4, -0.2) is 29.4 Å². The molecule has 0 aromatic heterocycles. The molecular formula is C15H14O5. The normalized spacial score (nSPS) is 10.0. The highest BCUT2D eigenvalue weighted by Gasteiger charge is 2.17. The Labute approximate surface area is 116 Å². The standard InChI is InChI=1S/C15H14O5/c16-12-7-4-8-13(17)14(12)15(18)20-10-9-19-11-5-2-1-3-6-11/h1-8,16-17H,9-10H2. The molecule has 2 N–H and O–H groups in total. The van der Waals surface area contributed by atoms with E-state index in [4.69, 9.17) is 9.47 Å². The number of carbonyl (C=O) groups excluding carboxylic acids is 1. The van der Waals surface area contributed by atoms with E-state index in [0.717, 1.165) is 0 Å². The third-order valence-electron chi connectivity index (χ3n) is 2.55.